The lowest BCUT2D eigenvalue weighted by Crippen LogP contribution is -2.60. The molecule has 4 aromatic rings. The van der Waals surface area contributed by atoms with Crippen molar-refractivity contribution in [3.05, 3.63) is 136 Å². The van der Waals surface area contributed by atoms with Gasteiger partial charge in [-0.2, -0.15) is 0 Å². The summed E-state index contributed by atoms with van der Waals surface area (Å²) in [6.45, 7) is 7.19. The highest BCUT2D eigenvalue weighted by atomic mass is 16.6. The van der Waals surface area contributed by atoms with Crippen LogP contribution in [0, 0.1) is 0 Å². The molecule has 4 aromatic carbocycles. The van der Waals surface area contributed by atoms with E-state index in [1.165, 1.54) is 29.6 Å². The molecule has 12 nitrogen and oxygen atoms in total. The van der Waals surface area contributed by atoms with Crippen molar-refractivity contribution >= 4 is 29.8 Å². The van der Waals surface area contributed by atoms with Gasteiger partial charge < -0.3 is 29.7 Å². The summed E-state index contributed by atoms with van der Waals surface area (Å²) < 4.78 is 11.5. The van der Waals surface area contributed by atoms with Gasteiger partial charge in [-0.05, 0) is 105 Å². The number of ether oxygens (including phenoxy) is 2. The van der Waals surface area contributed by atoms with Gasteiger partial charge in [0.2, 0.25) is 17.7 Å². The summed E-state index contributed by atoms with van der Waals surface area (Å²) in [5.41, 5.74) is 5.21. The number of carbonyl (C=O) groups excluding carboxylic acids is 4. The van der Waals surface area contributed by atoms with E-state index in [9.17, 15) is 24.3 Å². The van der Waals surface area contributed by atoms with E-state index < -0.39 is 47.6 Å². The maximum atomic E-state index is 15.0. The average molecular weight is 803 g/mol. The van der Waals surface area contributed by atoms with Crippen molar-refractivity contribution < 1.29 is 38.6 Å². The zero-order valence-corrected chi connectivity index (χ0v) is 34.6. The second kappa shape index (κ2) is 18.2. The second-order valence-electron chi connectivity index (χ2n) is 16.5. The van der Waals surface area contributed by atoms with Crippen LogP contribution in [0.4, 0.5) is 4.79 Å². The summed E-state index contributed by atoms with van der Waals surface area (Å²) in [5, 5.41) is 12.1. The SMILES string of the molecule is C[C@@H](C(=O)NC(Cc1ccc(OCc2ccc(C(=O)O)cc2)cc1)C(=O)N1Cc2ccccc2C[C@H]1C(=O)N(C)C1CCCc2ccccc21)N(C)C(=O)OC(C)(C)C. The number of carboxylic acid groups (broad SMARTS) is 1. The van der Waals surface area contributed by atoms with Crippen LogP contribution in [0.2, 0.25) is 0 Å². The van der Waals surface area contributed by atoms with E-state index in [1.807, 2.05) is 55.6 Å². The molecule has 0 fully saturated rings. The Bertz CT molecular complexity index is 2160. The predicted molar refractivity (Wildman–Crippen MR) is 223 cm³/mol. The van der Waals surface area contributed by atoms with E-state index in [2.05, 4.69) is 17.4 Å². The molecule has 12 heteroatoms. The molecule has 2 N–H and O–H groups in total. The Kier molecular flexibility index (Phi) is 13.1. The van der Waals surface area contributed by atoms with Crippen LogP contribution in [0.1, 0.15) is 90.3 Å². The quantitative estimate of drug-likeness (QED) is 0.160. The third-order valence-electron chi connectivity index (χ3n) is 11.2. The molecule has 0 bridgehead atoms. The topological polar surface area (TPSA) is 146 Å². The van der Waals surface area contributed by atoms with Gasteiger partial charge in [0, 0.05) is 33.5 Å². The van der Waals surface area contributed by atoms with E-state index >= 15 is 4.79 Å². The van der Waals surface area contributed by atoms with Crippen LogP contribution >= 0.6 is 0 Å². The van der Waals surface area contributed by atoms with Crippen LogP contribution < -0.4 is 10.1 Å². The molecule has 2 aliphatic rings. The van der Waals surface area contributed by atoms with Crippen molar-refractivity contribution in [1.82, 2.24) is 20.0 Å². The smallest absolute Gasteiger partial charge is 0.410 e. The van der Waals surface area contributed by atoms with Crippen LogP contribution in [-0.2, 0) is 51.5 Å². The molecule has 4 amide bonds. The molecule has 1 aliphatic carbocycles. The van der Waals surface area contributed by atoms with Crippen LogP contribution in [0.15, 0.2) is 97.1 Å². The Morgan fingerprint density at radius 2 is 1.47 bits per heavy atom. The summed E-state index contributed by atoms with van der Waals surface area (Å²) in [4.78, 5) is 72.5. The summed E-state index contributed by atoms with van der Waals surface area (Å²) in [6.07, 6.45) is 2.45. The van der Waals surface area contributed by atoms with Crippen molar-refractivity contribution in [1.29, 1.82) is 0 Å². The molecule has 6 rings (SSSR count). The molecule has 1 aliphatic heterocycles. The number of likely N-dealkylation sites (N-methyl/N-ethyl adjacent to an activating group) is 2. The normalized spacial score (nSPS) is 17.0. The van der Waals surface area contributed by atoms with Crippen LogP contribution in [0.3, 0.4) is 0 Å². The summed E-state index contributed by atoms with van der Waals surface area (Å²) in [6, 6.07) is 26.6. The lowest BCUT2D eigenvalue weighted by molar-refractivity contribution is -0.149. The summed E-state index contributed by atoms with van der Waals surface area (Å²) in [7, 11) is 3.30. The molecular weight excluding hydrogens is 749 g/mol. The molecule has 0 aromatic heterocycles. The molecule has 0 spiro atoms. The number of nitrogens with one attached hydrogen (secondary N) is 1. The first-order chi connectivity index (χ1) is 28.1. The third kappa shape index (κ3) is 10.3. The van der Waals surface area contributed by atoms with Crippen molar-refractivity contribution in [3.8, 4) is 5.75 Å². The van der Waals surface area contributed by atoms with Gasteiger partial charge in [-0.25, -0.2) is 9.59 Å². The standard InChI is InChI=1S/C47H54N4O8/c1-30(49(5)46(57)59-47(2,3)4)42(52)48-39(26-31-20-24-37(25-21-31)58-29-32-18-22-34(23-19-32)45(55)56)43(53)51-28-36-14-8-7-13-35(36)27-41(51)44(54)50(6)40-17-11-15-33-12-9-10-16-38(33)40/h7-10,12-14,16,18-25,30,39-41H,11,15,17,26-29H2,1-6H3,(H,48,52)(H,55,56)/t30-,39?,40?,41-/m0/s1. The minimum absolute atomic E-state index is 0.0925. The van der Waals surface area contributed by atoms with E-state index in [0.29, 0.717) is 12.2 Å². The number of hydrogen-bond acceptors (Lipinski definition) is 7. The first-order valence-electron chi connectivity index (χ1n) is 20.1. The maximum absolute atomic E-state index is 15.0. The minimum atomic E-state index is -1.10. The fourth-order valence-electron chi connectivity index (χ4n) is 7.72. The van der Waals surface area contributed by atoms with Crippen LogP contribution in [0.25, 0.3) is 0 Å². The lowest BCUT2D eigenvalue weighted by atomic mass is 9.86. The van der Waals surface area contributed by atoms with Gasteiger partial charge >= 0.3 is 12.1 Å². The van der Waals surface area contributed by atoms with Gasteiger partial charge in [-0.3, -0.25) is 19.3 Å². The molecule has 59 heavy (non-hydrogen) atoms. The molecule has 2 unspecified atom stereocenters. The summed E-state index contributed by atoms with van der Waals surface area (Å²) in [5.74, 6) is -1.59. The fraction of sp³-hybridized carbons (Fsp3) is 0.383. The Balaban J connectivity index is 1.27. The first kappa shape index (κ1) is 42.4. The highest BCUT2D eigenvalue weighted by Gasteiger charge is 2.41. The Morgan fingerprint density at radius 3 is 2.14 bits per heavy atom. The Hall–Kier alpha value is -6.17. The maximum Gasteiger partial charge on any atom is 0.410 e. The largest absolute Gasteiger partial charge is 0.489 e. The van der Waals surface area contributed by atoms with E-state index in [0.717, 1.165) is 47.1 Å². The van der Waals surface area contributed by atoms with E-state index in [1.54, 1.807) is 61.8 Å². The summed E-state index contributed by atoms with van der Waals surface area (Å²) >= 11 is 0. The molecule has 0 saturated heterocycles. The van der Waals surface area contributed by atoms with Gasteiger partial charge in [0.25, 0.3) is 0 Å². The highest BCUT2D eigenvalue weighted by Crippen LogP contribution is 2.35. The number of fused-ring (bicyclic) bond motifs is 2. The van der Waals surface area contributed by atoms with Gasteiger partial charge in [-0.1, -0.05) is 72.8 Å². The van der Waals surface area contributed by atoms with Gasteiger partial charge in [0.05, 0.1) is 11.6 Å². The minimum Gasteiger partial charge on any atom is -0.489 e. The van der Waals surface area contributed by atoms with Crippen LogP contribution in [-0.4, -0.2) is 87.4 Å². The monoisotopic (exact) mass is 802 g/mol. The number of carbonyl (C=O) groups is 5. The molecule has 0 radical (unpaired) electrons. The third-order valence-corrected chi connectivity index (χ3v) is 11.2. The zero-order valence-electron chi connectivity index (χ0n) is 34.6. The number of nitrogens with zero attached hydrogens (tertiary/aromatic N) is 3. The number of aryl methyl sites for hydroxylation is 1. The molecular formula is C47H54N4O8. The van der Waals surface area contributed by atoms with Crippen molar-refractivity contribution in [3.63, 3.8) is 0 Å². The van der Waals surface area contributed by atoms with Gasteiger partial charge in [0.15, 0.2) is 0 Å². The zero-order chi connectivity index (χ0) is 42.4. The number of aromatic carboxylic acids is 1. The molecule has 1 heterocycles. The first-order valence-corrected chi connectivity index (χ1v) is 20.1. The number of carboxylic acids is 1. The van der Waals surface area contributed by atoms with Crippen molar-refractivity contribution in [2.75, 3.05) is 14.1 Å². The predicted octanol–water partition coefficient (Wildman–Crippen LogP) is 6.74. The molecule has 0 saturated carbocycles. The second-order valence-corrected chi connectivity index (χ2v) is 16.5. The number of benzene rings is 4. The highest BCUT2D eigenvalue weighted by molar-refractivity contribution is 5.94. The lowest BCUT2D eigenvalue weighted by Gasteiger charge is -2.42. The molecule has 4 atom stereocenters. The fourth-order valence-corrected chi connectivity index (χ4v) is 7.72. The van der Waals surface area contributed by atoms with Crippen LogP contribution in [0.5, 0.6) is 5.75 Å². The number of amides is 4. The van der Waals surface area contributed by atoms with E-state index in [-0.39, 0.29) is 37.1 Å². The average Bonchev–Trinajstić information content (AvgIpc) is 3.23. The van der Waals surface area contributed by atoms with Crippen molar-refractivity contribution in [2.45, 2.75) is 103 Å². The van der Waals surface area contributed by atoms with Gasteiger partial charge in [-0.15, -0.1) is 0 Å². The van der Waals surface area contributed by atoms with Crippen molar-refractivity contribution in [2.24, 2.45) is 0 Å². The molecule has 310 valence electrons. The van der Waals surface area contributed by atoms with E-state index in [4.69, 9.17) is 9.47 Å². The number of hydrogen-bond donors (Lipinski definition) is 2. The Morgan fingerprint density at radius 1 is 0.847 bits per heavy atom. The Labute approximate surface area is 346 Å². The van der Waals surface area contributed by atoms with Gasteiger partial charge in [0.1, 0.15) is 36.1 Å². The number of rotatable bonds is 12.